The van der Waals surface area contributed by atoms with Crippen molar-refractivity contribution in [2.45, 2.75) is 33.6 Å². The van der Waals surface area contributed by atoms with E-state index in [-0.39, 0.29) is 0 Å². The van der Waals surface area contributed by atoms with Crippen molar-refractivity contribution in [2.24, 2.45) is 0 Å². The molecule has 0 amide bonds. The summed E-state index contributed by atoms with van der Waals surface area (Å²) in [4.78, 5) is 4.43. The molecule has 5 nitrogen and oxygen atoms in total. The first-order valence-electron chi connectivity index (χ1n) is 5.00. The summed E-state index contributed by atoms with van der Waals surface area (Å²) in [5.41, 5.74) is 10.0. The number of aryl methyl sites for hydroxylation is 2. The minimum absolute atomic E-state index is 0.358. The summed E-state index contributed by atoms with van der Waals surface area (Å²) in [6, 6.07) is 0. The average Bonchev–Trinajstić information content (AvgIpc) is 2.49. The van der Waals surface area contributed by atoms with Crippen LogP contribution in [0.3, 0.4) is 0 Å². The van der Waals surface area contributed by atoms with Crippen molar-refractivity contribution in [2.75, 3.05) is 5.73 Å². The van der Waals surface area contributed by atoms with Crippen LogP contribution in [0, 0.1) is 13.8 Å². The van der Waals surface area contributed by atoms with E-state index in [2.05, 4.69) is 29.1 Å². The monoisotopic (exact) mass is 205 g/mol. The van der Waals surface area contributed by atoms with Gasteiger partial charge in [0.25, 0.3) is 0 Å². The van der Waals surface area contributed by atoms with Gasteiger partial charge in [-0.1, -0.05) is 19.1 Å². The number of hydrogen-bond acceptors (Lipinski definition) is 4. The average molecular weight is 205 g/mol. The van der Waals surface area contributed by atoms with Gasteiger partial charge in [0.2, 0.25) is 0 Å². The van der Waals surface area contributed by atoms with Crippen LogP contribution in [0.4, 0.5) is 5.69 Å². The number of hydrogen-bond donors (Lipinski definition) is 1. The fourth-order valence-corrected chi connectivity index (χ4v) is 1.79. The summed E-state index contributed by atoms with van der Waals surface area (Å²) in [7, 11) is 0. The quantitative estimate of drug-likeness (QED) is 0.765. The van der Waals surface area contributed by atoms with Crippen molar-refractivity contribution in [1.82, 2.24) is 19.8 Å². The molecular weight excluding hydrogens is 190 g/mol. The third-order valence-electron chi connectivity index (χ3n) is 2.53. The normalized spacial score (nSPS) is 11.5. The number of nitrogen functional groups attached to an aromatic ring is 1. The zero-order valence-electron chi connectivity index (χ0n) is 9.44. The Morgan fingerprint density at radius 3 is 2.47 bits per heavy atom. The molecule has 0 saturated heterocycles. The molecule has 80 valence electrons. The van der Waals surface area contributed by atoms with Crippen LogP contribution in [0.15, 0.2) is 0 Å². The molecule has 0 radical (unpaired) electrons. The second-order valence-corrected chi connectivity index (χ2v) is 4.06. The SMILES string of the molecule is Cc1nnn2c(C(C)C)c(C)nc2c1N. The predicted molar refractivity (Wildman–Crippen MR) is 58.8 cm³/mol. The molecule has 5 heteroatoms. The van der Waals surface area contributed by atoms with Crippen LogP contribution in [-0.4, -0.2) is 19.8 Å². The molecule has 2 aromatic heterocycles. The molecular formula is C10H15N5. The van der Waals surface area contributed by atoms with Gasteiger partial charge in [-0.25, -0.2) is 4.98 Å². The molecule has 0 saturated carbocycles. The van der Waals surface area contributed by atoms with E-state index in [1.165, 1.54) is 0 Å². The van der Waals surface area contributed by atoms with Gasteiger partial charge in [0.1, 0.15) is 5.69 Å². The second kappa shape index (κ2) is 3.18. The highest BCUT2D eigenvalue weighted by molar-refractivity contribution is 5.67. The number of fused-ring (bicyclic) bond motifs is 1. The van der Waals surface area contributed by atoms with Gasteiger partial charge in [0.05, 0.1) is 17.1 Å². The highest BCUT2D eigenvalue weighted by Gasteiger charge is 2.16. The molecule has 2 aromatic rings. The maximum Gasteiger partial charge on any atom is 0.180 e. The Morgan fingerprint density at radius 1 is 1.20 bits per heavy atom. The van der Waals surface area contributed by atoms with Gasteiger partial charge in [0.15, 0.2) is 5.65 Å². The third-order valence-corrected chi connectivity index (χ3v) is 2.53. The summed E-state index contributed by atoms with van der Waals surface area (Å²) in [5.74, 6) is 0.358. The van der Waals surface area contributed by atoms with Gasteiger partial charge < -0.3 is 5.73 Å². The summed E-state index contributed by atoms with van der Waals surface area (Å²) in [6.45, 7) is 8.02. The van der Waals surface area contributed by atoms with Gasteiger partial charge >= 0.3 is 0 Å². The molecule has 2 heterocycles. The molecule has 2 N–H and O–H groups in total. The minimum Gasteiger partial charge on any atom is -0.394 e. The minimum atomic E-state index is 0.358. The molecule has 0 aliphatic carbocycles. The van der Waals surface area contributed by atoms with Crippen molar-refractivity contribution >= 4 is 11.3 Å². The number of nitrogens with zero attached hydrogens (tertiary/aromatic N) is 4. The zero-order chi connectivity index (χ0) is 11.2. The first-order chi connectivity index (χ1) is 7.02. The van der Waals surface area contributed by atoms with E-state index < -0.39 is 0 Å². The molecule has 0 aromatic carbocycles. The topological polar surface area (TPSA) is 69.1 Å². The summed E-state index contributed by atoms with van der Waals surface area (Å²) >= 11 is 0. The van der Waals surface area contributed by atoms with Crippen LogP contribution in [-0.2, 0) is 0 Å². The van der Waals surface area contributed by atoms with Crippen molar-refractivity contribution in [1.29, 1.82) is 0 Å². The first kappa shape index (κ1) is 9.89. The van der Waals surface area contributed by atoms with Crippen molar-refractivity contribution < 1.29 is 0 Å². The summed E-state index contributed by atoms with van der Waals surface area (Å²) < 4.78 is 1.74. The predicted octanol–water partition coefficient (Wildman–Crippen LogP) is 1.45. The van der Waals surface area contributed by atoms with Crippen molar-refractivity contribution in [3.05, 3.63) is 17.1 Å². The van der Waals surface area contributed by atoms with E-state index in [4.69, 9.17) is 5.73 Å². The molecule has 2 rings (SSSR count). The fraction of sp³-hybridized carbons (Fsp3) is 0.500. The second-order valence-electron chi connectivity index (χ2n) is 4.06. The van der Waals surface area contributed by atoms with E-state index in [1.807, 2.05) is 13.8 Å². The Hall–Kier alpha value is -1.65. The zero-order valence-corrected chi connectivity index (χ0v) is 9.44. The highest BCUT2D eigenvalue weighted by atomic mass is 15.4. The lowest BCUT2D eigenvalue weighted by Crippen LogP contribution is -2.06. The van der Waals surface area contributed by atoms with Crippen molar-refractivity contribution in [3.63, 3.8) is 0 Å². The number of nitrogens with two attached hydrogens (primary N) is 1. The molecule has 0 fully saturated rings. The largest absolute Gasteiger partial charge is 0.394 e. The third kappa shape index (κ3) is 1.35. The van der Waals surface area contributed by atoms with Gasteiger partial charge in [-0.05, 0) is 19.8 Å². The highest BCUT2D eigenvalue weighted by Crippen LogP contribution is 2.22. The molecule has 0 aliphatic rings. The van der Waals surface area contributed by atoms with E-state index in [0.717, 1.165) is 17.1 Å². The Labute approximate surface area is 88.3 Å². The number of rotatable bonds is 1. The molecule has 0 atom stereocenters. The van der Waals surface area contributed by atoms with Gasteiger partial charge in [-0.3, -0.25) is 0 Å². The van der Waals surface area contributed by atoms with E-state index in [0.29, 0.717) is 17.3 Å². The van der Waals surface area contributed by atoms with Crippen LogP contribution < -0.4 is 5.73 Å². The van der Waals surface area contributed by atoms with E-state index in [9.17, 15) is 0 Å². The fourth-order valence-electron chi connectivity index (χ4n) is 1.79. The lowest BCUT2D eigenvalue weighted by Gasteiger charge is -2.05. The summed E-state index contributed by atoms with van der Waals surface area (Å²) in [6.07, 6.45) is 0. The molecule has 15 heavy (non-hydrogen) atoms. The van der Waals surface area contributed by atoms with E-state index in [1.54, 1.807) is 4.52 Å². The lowest BCUT2D eigenvalue weighted by atomic mass is 10.1. The number of aromatic nitrogens is 4. The van der Waals surface area contributed by atoms with Crippen LogP contribution in [0.1, 0.15) is 36.8 Å². The maximum atomic E-state index is 5.91. The molecule has 0 bridgehead atoms. The number of anilines is 1. The Balaban J connectivity index is 2.85. The maximum absolute atomic E-state index is 5.91. The van der Waals surface area contributed by atoms with Gasteiger partial charge in [-0.2, -0.15) is 4.52 Å². The molecule has 0 unspecified atom stereocenters. The van der Waals surface area contributed by atoms with Crippen LogP contribution in [0.25, 0.3) is 5.65 Å². The first-order valence-corrected chi connectivity index (χ1v) is 5.00. The van der Waals surface area contributed by atoms with Crippen LogP contribution >= 0.6 is 0 Å². The smallest absolute Gasteiger partial charge is 0.180 e. The molecule has 0 aliphatic heterocycles. The summed E-state index contributed by atoms with van der Waals surface area (Å²) in [5, 5.41) is 8.12. The van der Waals surface area contributed by atoms with Gasteiger partial charge in [0, 0.05) is 0 Å². The lowest BCUT2D eigenvalue weighted by molar-refractivity contribution is 0.704. The van der Waals surface area contributed by atoms with E-state index >= 15 is 0 Å². The number of imidazole rings is 1. The van der Waals surface area contributed by atoms with Crippen molar-refractivity contribution in [3.8, 4) is 0 Å². The van der Waals surface area contributed by atoms with Crippen LogP contribution in [0.5, 0.6) is 0 Å². The Bertz CT molecular complexity index is 512. The van der Waals surface area contributed by atoms with Gasteiger partial charge in [-0.15, -0.1) is 5.10 Å². The molecule has 0 spiro atoms. The Kier molecular flexibility index (Phi) is 2.10. The van der Waals surface area contributed by atoms with Crippen LogP contribution in [0.2, 0.25) is 0 Å². The Morgan fingerprint density at radius 2 is 1.87 bits per heavy atom. The standard InChI is InChI=1S/C10H15N5/c1-5(2)9-7(4)12-10-8(11)6(3)13-14-15(9)10/h5H,11H2,1-4H3.